The largest absolute Gasteiger partial charge is 0.352 e. The molecule has 0 aliphatic rings. The fourth-order valence-corrected chi connectivity index (χ4v) is 4.27. The van der Waals surface area contributed by atoms with E-state index in [1.54, 1.807) is 24.3 Å². The van der Waals surface area contributed by atoms with Gasteiger partial charge in [0.1, 0.15) is 12.4 Å². The van der Waals surface area contributed by atoms with E-state index in [0.717, 1.165) is 22.4 Å². The number of para-hydroxylation sites is 2. The Morgan fingerprint density at radius 1 is 1.00 bits per heavy atom. The summed E-state index contributed by atoms with van der Waals surface area (Å²) >= 11 is 6.00. The third-order valence-electron chi connectivity index (χ3n) is 5.89. The van der Waals surface area contributed by atoms with Crippen LogP contribution in [0.25, 0.3) is 11.0 Å². The molecule has 0 unspecified atom stereocenters. The van der Waals surface area contributed by atoms with Gasteiger partial charge in [-0.2, -0.15) is 0 Å². The number of nitrogens with zero attached hydrogens (tertiary/aromatic N) is 3. The van der Waals surface area contributed by atoms with Crippen molar-refractivity contribution in [3.05, 3.63) is 101 Å². The molecule has 6 nitrogen and oxygen atoms in total. The van der Waals surface area contributed by atoms with Crippen LogP contribution in [0.1, 0.15) is 35.6 Å². The van der Waals surface area contributed by atoms with Crippen LogP contribution >= 0.6 is 11.6 Å². The predicted molar refractivity (Wildman–Crippen MR) is 139 cm³/mol. The summed E-state index contributed by atoms with van der Waals surface area (Å²) in [7, 11) is 0. The zero-order valence-corrected chi connectivity index (χ0v) is 20.7. The van der Waals surface area contributed by atoms with E-state index >= 15 is 0 Å². The monoisotopic (exact) mass is 488 g/mol. The number of rotatable bonds is 9. The standard InChI is InChI=1S/C28H29ClN4O2/c1-20(2)32(18-21-9-4-3-5-10-21)27(34)19-33-25-14-7-6-13-24(25)31-26(33)15-16-30-28(35)22-11-8-12-23(29)17-22/h3-14,17,20H,15-16,18-19H2,1-2H3,(H,30,35). The van der Waals surface area contributed by atoms with Crippen LogP contribution in [0.5, 0.6) is 0 Å². The maximum absolute atomic E-state index is 13.4. The summed E-state index contributed by atoms with van der Waals surface area (Å²) in [5.41, 5.74) is 3.33. The second kappa shape index (κ2) is 11.2. The highest BCUT2D eigenvalue weighted by atomic mass is 35.5. The van der Waals surface area contributed by atoms with E-state index in [-0.39, 0.29) is 24.4 Å². The smallest absolute Gasteiger partial charge is 0.251 e. The number of halogens is 1. The molecule has 4 aromatic rings. The zero-order chi connectivity index (χ0) is 24.8. The van der Waals surface area contributed by atoms with Crippen molar-refractivity contribution in [3.8, 4) is 0 Å². The number of hydrogen-bond donors (Lipinski definition) is 1. The van der Waals surface area contributed by atoms with E-state index in [1.165, 1.54) is 0 Å². The van der Waals surface area contributed by atoms with Crippen LogP contribution in [0, 0.1) is 0 Å². The number of imidazole rings is 1. The van der Waals surface area contributed by atoms with Gasteiger partial charge in [0.15, 0.2) is 0 Å². The van der Waals surface area contributed by atoms with E-state index < -0.39 is 0 Å². The first-order valence-electron chi connectivity index (χ1n) is 11.7. The maximum atomic E-state index is 13.4. The van der Waals surface area contributed by atoms with E-state index in [1.807, 2.05) is 77.9 Å². The molecule has 0 radical (unpaired) electrons. The quantitative estimate of drug-likeness (QED) is 0.356. The first-order valence-corrected chi connectivity index (χ1v) is 12.1. The molecule has 0 bridgehead atoms. The molecule has 1 heterocycles. The Morgan fingerprint density at radius 2 is 1.74 bits per heavy atom. The van der Waals surface area contributed by atoms with E-state index in [9.17, 15) is 9.59 Å². The fraction of sp³-hybridized carbons (Fsp3) is 0.250. The third-order valence-corrected chi connectivity index (χ3v) is 6.12. The van der Waals surface area contributed by atoms with Gasteiger partial charge in [-0.15, -0.1) is 0 Å². The Kier molecular flexibility index (Phi) is 7.83. The lowest BCUT2D eigenvalue weighted by atomic mass is 10.2. The van der Waals surface area contributed by atoms with E-state index in [4.69, 9.17) is 16.6 Å². The van der Waals surface area contributed by atoms with Gasteiger partial charge in [0, 0.05) is 36.1 Å². The van der Waals surface area contributed by atoms with Crippen LogP contribution in [0.3, 0.4) is 0 Å². The molecular weight excluding hydrogens is 460 g/mol. The fourth-order valence-electron chi connectivity index (χ4n) is 4.08. The van der Waals surface area contributed by atoms with Crippen LogP contribution in [0.15, 0.2) is 78.9 Å². The molecule has 2 amide bonds. The molecular formula is C28H29ClN4O2. The van der Waals surface area contributed by atoms with Gasteiger partial charge < -0.3 is 14.8 Å². The summed E-state index contributed by atoms with van der Waals surface area (Å²) in [5, 5.41) is 3.44. The molecule has 180 valence electrons. The number of benzene rings is 3. The van der Waals surface area contributed by atoms with Gasteiger partial charge in [0.2, 0.25) is 5.91 Å². The van der Waals surface area contributed by atoms with Crippen LogP contribution in [-0.4, -0.2) is 38.9 Å². The number of amides is 2. The maximum Gasteiger partial charge on any atom is 0.251 e. The molecule has 3 aromatic carbocycles. The van der Waals surface area contributed by atoms with Crippen molar-refractivity contribution in [2.24, 2.45) is 0 Å². The first kappa shape index (κ1) is 24.5. The van der Waals surface area contributed by atoms with Gasteiger partial charge in [-0.05, 0) is 49.7 Å². The molecule has 1 N–H and O–H groups in total. The Labute approximate surface area is 210 Å². The Balaban J connectivity index is 1.50. The normalized spacial score (nSPS) is 11.1. The highest BCUT2D eigenvalue weighted by Gasteiger charge is 2.21. The average Bonchev–Trinajstić information content (AvgIpc) is 3.20. The molecule has 0 aliphatic heterocycles. The highest BCUT2D eigenvalue weighted by Crippen LogP contribution is 2.18. The minimum atomic E-state index is -0.194. The van der Waals surface area contributed by atoms with Gasteiger partial charge in [0.05, 0.1) is 11.0 Å². The van der Waals surface area contributed by atoms with Crippen LogP contribution in [0.4, 0.5) is 0 Å². The Morgan fingerprint density at radius 3 is 2.49 bits per heavy atom. The van der Waals surface area contributed by atoms with Gasteiger partial charge in [-0.1, -0.05) is 60.1 Å². The molecule has 1 aromatic heterocycles. The minimum absolute atomic E-state index is 0.0243. The SMILES string of the molecule is CC(C)N(Cc1ccccc1)C(=O)Cn1c(CCNC(=O)c2cccc(Cl)c2)nc2ccccc21. The van der Waals surface area contributed by atoms with Crippen LogP contribution in [0.2, 0.25) is 5.02 Å². The number of hydrogen-bond acceptors (Lipinski definition) is 3. The van der Waals surface area contributed by atoms with Crippen LogP contribution < -0.4 is 5.32 Å². The zero-order valence-electron chi connectivity index (χ0n) is 19.9. The highest BCUT2D eigenvalue weighted by molar-refractivity contribution is 6.30. The summed E-state index contributed by atoms with van der Waals surface area (Å²) in [4.78, 5) is 32.6. The lowest BCUT2D eigenvalue weighted by molar-refractivity contribution is -0.134. The lowest BCUT2D eigenvalue weighted by Gasteiger charge is -2.27. The molecule has 0 aliphatic carbocycles. The van der Waals surface area contributed by atoms with Gasteiger partial charge in [0.25, 0.3) is 5.91 Å². The molecule has 0 saturated carbocycles. The summed E-state index contributed by atoms with van der Waals surface area (Å²) < 4.78 is 1.96. The number of aromatic nitrogens is 2. The van der Waals surface area contributed by atoms with Gasteiger partial charge in [-0.25, -0.2) is 4.98 Å². The Bertz CT molecular complexity index is 1320. The second-order valence-electron chi connectivity index (χ2n) is 8.72. The molecule has 0 spiro atoms. The van der Waals surface area contributed by atoms with Gasteiger partial charge >= 0.3 is 0 Å². The van der Waals surface area contributed by atoms with Crippen molar-refractivity contribution in [2.75, 3.05) is 6.54 Å². The van der Waals surface area contributed by atoms with Crippen molar-refractivity contribution in [3.63, 3.8) is 0 Å². The summed E-state index contributed by atoms with van der Waals surface area (Å²) in [6, 6.07) is 24.7. The predicted octanol–water partition coefficient (Wildman–Crippen LogP) is 5.10. The van der Waals surface area contributed by atoms with Crippen LogP contribution in [-0.2, 0) is 24.3 Å². The van der Waals surface area contributed by atoms with Crippen molar-refractivity contribution in [2.45, 2.75) is 39.4 Å². The summed E-state index contributed by atoms with van der Waals surface area (Å²) in [5.74, 6) is 0.589. The molecule has 4 rings (SSSR count). The molecule has 0 saturated heterocycles. The van der Waals surface area contributed by atoms with Crippen molar-refractivity contribution < 1.29 is 9.59 Å². The number of carbonyl (C=O) groups is 2. The topological polar surface area (TPSA) is 67.2 Å². The van der Waals surface area contributed by atoms with E-state index in [0.29, 0.717) is 30.1 Å². The lowest BCUT2D eigenvalue weighted by Crippen LogP contribution is -2.39. The summed E-state index contributed by atoms with van der Waals surface area (Å²) in [6.07, 6.45) is 0.495. The van der Waals surface area contributed by atoms with Crippen molar-refractivity contribution in [1.29, 1.82) is 0 Å². The van der Waals surface area contributed by atoms with Gasteiger partial charge in [-0.3, -0.25) is 9.59 Å². The number of carbonyl (C=O) groups excluding carboxylic acids is 2. The number of fused-ring (bicyclic) bond motifs is 1. The van der Waals surface area contributed by atoms with Crippen molar-refractivity contribution in [1.82, 2.24) is 19.8 Å². The second-order valence-corrected chi connectivity index (χ2v) is 9.16. The molecule has 0 fully saturated rings. The molecule has 35 heavy (non-hydrogen) atoms. The first-order chi connectivity index (χ1) is 16.9. The number of nitrogens with one attached hydrogen (secondary N) is 1. The summed E-state index contributed by atoms with van der Waals surface area (Å²) in [6.45, 7) is 5.18. The minimum Gasteiger partial charge on any atom is -0.352 e. The van der Waals surface area contributed by atoms with E-state index in [2.05, 4.69) is 5.32 Å². The molecule has 0 atom stereocenters. The van der Waals surface area contributed by atoms with Crippen molar-refractivity contribution >= 4 is 34.4 Å². The molecule has 7 heteroatoms. The Hall–Kier alpha value is -3.64. The third kappa shape index (κ3) is 6.08. The average molecular weight is 489 g/mol.